The molecule has 3 rings (SSSR count). The zero-order valence-corrected chi connectivity index (χ0v) is 12.4. The van der Waals surface area contributed by atoms with Gasteiger partial charge in [0.2, 0.25) is 0 Å². The Hall–Kier alpha value is -0.500. The number of hydrogen-bond donors (Lipinski definition) is 0. The molecule has 0 radical (unpaired) electrons. The van der Waals surface area contributed by atoms with Crippen LogP contribution in [0.1, 0.15) is 50.0 Å². The molecule has 0 saturated heterocycles. The fraction of sp³-hybridized carbons (Fsp3) is 0.625. The molecule has 1 saturated carbocycles. The number of ether oxygens (including phenoxy) is 1. The summed E-state index contributed by atoms with van der Waals surface area (Å²) < 4.78 is 5.83. The van der Waals surface area contributed by atoms with E-state index in [1.165, 1.54) is 44.1 Å². The van der Waals surface area contributed by atoms with Crippen LogP contribution in [0.3, 0.4) is 0 Å². The summed E-state index contributed by atoms with van der Waals surface area (Å²) in [6, 6.07) is 8.57. The van der Waals surface area contributed by atoms with Crippen molar-refractivity contribution in [1.82, 2.24) is 0 Å². The van der Waals surface area contributed by atoms with E-state index in [2.05, 4.69) is 40.2 Å². The van der Waals surface area contributed by atoms with Gasteiger partial charge >= 0.3 is 0 Å². The molecule has 1 aliphatic carbocycles. The second-order valence-corrected chi connectivity index (χ2v) is 6.50. The first-order valence-electron chi connectivity index (χ1n) is 7.11. The van der Waals surface area contributed by atoms with Crippen molar-refractivity contribution in [3.05, 3.63) is 29.8 Å². The number of benzene rings is 1. The van der Waals surface area contributed by atoms with E-state index >= 15 is 0 Å². The minimum Gasteiger partial charge on any atom is -0.493 e. The predicted molar refractivity (Wildman–Crippen MR) is 78.6 cm³/mol. The van der Waals surface area contributed by atoms with Crippen molar-refractivity contribution in [2.45, 2.75) is 44.4 Å². The van der Waals surface area contributed by atoms with E-state index in [4.69, 9.17) is 4.74 Å². The van der Waals surface area contributed by atoms with Gasteiger partial charge in [-0.2, -0.15) is 0 Å². The molecule has 0 spiro atoms. The third-order valence-corrected chi connectivity index (χ3v) is 5.87. The van der Waals surface area contributed by atoms with Crippen LogP contribution in [-0.2, 0) is 0 Å². The smallest absolute Gasteiger partial charge is 0.122 e. The number of fused-ring (bicyclic) bond motifs is 1. The van der Waals surface area contributed by atoms with Crippen LogP contribution < -0.4 is 4.74 Å². The maximum Gasteiger partial charge on any atom is 0.122 e. The summed E-state index contributed by atoms with van der Waals surface area (Å²) in [6.45, 7) is 0.883. The Morgan fingerprint density at radius 3 is 2.72 bits per heavy atom. The molecular formula is C16H21BrO. The topological polar surface area (TPSA) is 9.23 Å². The van der Waals surface area contributed by atoms with Gasteiger partial charge in [0, 0.05) is 16.8 Å². The Labute approximate surface area is 118 Å². The van der Waals surface area contributed by atoms with Gasteiger partial charge in [-0.25, -0.2) is 0 Å². The number of halogens is 1. The zero-order chi connectivity index (χ0) is 12.4. The van der Waals surface area contributed by atoms with Crippen molar-refractivity contribution in [3.63, 3.8) is 0 Å². The van der Waals surface area contributed by atoms with E-state index in [0.717, 1.165) is 17.7 Å². The van der Waals surface area contributed by atoms with E-state index < -0.39 is 0 Å². The first-order chi connectivity index (χ1) is 8.83. The molecule has 1 nitrogen and oxygen atoms in total. The molecule has 98 valence electrons. The summed E-state index contributed by atoms with van der Waals surface area (Å²) in [5.41, 5.74) is 1.95. The molecule has 2 aliphatic rings. The highest BCUT2D eigenvalue weighted by atomic mass is 79.9. The average molecular weight is 309 g/mol. The van der Waals surface area contributed by atoms with E-state index in [9.17, 15) is 0 Å². The Morgan fingerprint density at radius 2 is 1.94 bits per heavy atom. The number of alkyl halides is 1. The second-order valence-electron chi connectivity index (χ2n) is 5.94. The molecule has 1 unspecified atom stereocenters. The summed E-state index contributed by atoms with van der Waals surface area (Å²) in [6.07, 6.45) is 8.29. The lowest BCUT2D eigenvalue weighted by Crippen LogP contribution is -2.28. The normalized spacial score (nSPS) is 25.5. The molecule has 0 bridgehead atoms. The van der Waals surface area contributed by atoms with Gasteiger partial charge in [0.05, 0.1) is 6.61 Å². The lowest BCUT2D eigenvalue weighted by Gasteiger charge is -2.37. The van der Waals surface area contributed by atoms with Gasteiger partial charge in [-0.1, -0.05) is 53.4 Å². The average Bonchev–Trinajstić information content (AvgIpc) is 2.83. The number of hydrogen-bond acceptors (Lipinski definition) is 1. The SMILES string of the molecule is BrCC1(CC2COc3ccccc32)CCCCC1. The summed E-state index contributed by atoms with van der Waals surface area (Å²) >= 11 is 3.77. The van der Waals surface area contributed by atoms with Crippen LogP contribution >= 0.6 is 15.9 Å². The van der Waals surface area contributed by atoms with Crippen molar-refractivity contribution in [3.8, 4) is 5.75 Å². The lowest BCUT2D eigenvalue weighted by atomic mass is 9.70. The minimum absolute atomic E-state index is 0.518. The fourth-order valence-electron chi connectivity index (χ4n) is 3.62. The largest absolute Gasteiger partial charge is 0.493 e. The molecule has 1 aromatic carbocycles. The number of rotatable bonds is 3. The maximum absolute atomic E-state index is 5.83. The van der Waals surface area contributed by atoms with Crippen molar-refractivity contribution in [2.24, 2.45) is 5.41 Å². The molecule has 2 heteroatoms. The minimum atomic E-state index is 0.518. The molecule has 1 aromatic rings. The summed E-state index contributed by atoms with van der Waals surface area (Å²) in [5.74, 6) is 1.72. The molecule has 1 heterocycles. The quantitative estimate of drug-likeness (QED) is 0.722. The van der Waals surface area contributed by atoms with Gasteiger partial charge < -0.3 is 4.74 Å². The van der Waals surface area contributed by atoms with Crippen LogP contribution in [0.25, 0.3) is 0 Å². The highest BCUT2D eigenvalue weighted by molar-refractivity contribution is 9.09. The van der Waals surface area contributed by atoms with Crippen molar-refractivity contribution in [1.29, 1.82) is 0 Å². The summed E-state index contributed by atoms with van der Waals surface area (Å²) in [4.78, 5) is 0. The van der Waals surface area contributed by atoms with Gasteiger partial charge in [0.1, 0.15) is 5.75 Å². The van der Waals surface area contributed by atoms with Crippen LogP contribution in [-0.4, -0.2) is 11.9 Å². The first-order valence-corrected chi connectivity index (χ1v) is 8.23. The Bertz CT molecular complexity index is 409. The first kappa shape index (κ1) is 12.5. The second kappa shape index (κ2) is 5.24. The van der Waals surface area contributed by atoms with Crippen LogP contribution in [0.4, 0.5) is 0 Å². The predicted octanol–water partition coefficient (Wildman–Crippen LogP) is 4.90. The maximum atomic E-state index is 5.83. The van der Waals surface area contributed by atoms with Gasteiger partial charge in [-0.3, -0.25) is 0 Å². The van der Waals surface area contributed by atoms with Gasteiger partial charge in [-0.15, -0.1) is 0 Å². The van der Waals surface area contributed by atoms with E-state index in [1.807, 2.05) is 0 Å². The Kier molecular flexibility index (Phi) is 3.65. The van der Waals surface area contributed by atoms with Gasteiger partial charge in [-0.05, 0) is 30.7 Å². The summed E-state index contributed by atoms with van der Waals surface area (Å²) in [7, 11) is 0. The number of para-hydroxylation sites is 1. The lowest BCUT2D eigenvalue weighted by molar-refractivity contribution is 0.180. The van der Waals surface area contributed by atoms with E-state index in [0.29, 0.717) is 11.3 Å². The third kappa shape index (κ3) is 2.32. The van der Waals surface area contributed by atoms with Crippen LogP contribution in [0.2, 0.25) is 0 Å². The zero-order valence-electron chi connectivity index (χ0n) is 10.8. The monoisotopic (exact) mass is 308 g/mol. The van der Waals surface area contributed by atoms with Gasteiger partial charge in [0.25, 0.3) is 0 Å². The summed E-state index contributed by atoms with van der Waals surface area (Å²) in [5, 5.41) is 1.15. The fourth-order valence-corrected chi connectivity index (χ4v) is 4.40. The Balaban J connectivity index is 1.77. The molecule has 1 fully saturated rings. The third-order valence-electron chi connectivity index (χ3n) is 4.68. The van der Waals surface area contributed by atoms with Crippen LogP contribution in [0.15, 0.2) is 24.3 Å². The van der Waals surface area contributed by atoms with Gasteiger partial charge in [0.15, 0.2) is 0 Å². The molecule has 0 aromatic heterocycles. The highest BCUT2D eigenvalue weighted by Gasteiger charge is 2.36. The van der Waals surface area contributed by atoms with Crippen LogP contribution in [0, 0.1) is 5.41 Å². The van der Waals surface area contributed by atoms with Crippen LogP contribution in [0.5, 0.6) is 5.75 Å². The standard InChI is InChI=1S/C16H21BrO/c17-12-16(8-4-1-5-9-16)10-13-11-18-15-7-3-2-6-14(13)15/h2-3,6-7,13H,1,4-5,8-12H2. The molecule has 0 amide bonds. The molecule has 1 atom stereocenters. The van der Waals surface area contributed by atoms with E-state index in [1.54, 1.807) is 0 Å². The Morgan fingerprint density at radius 1 is 1.17 bits per heavy atom. The molecule has 18 heavy (non-hydrogen) atoms. The van der Waals surface area contributed by atoms with Crippen molar-refractivity contribution >= 4 is 15.9 Å². The van der Waals surface area contributed by atoms with Crippen molar-refractivity contribution < 1.29 is 4.74 Å². The highest BCUT2D eigenvalue weighted by Crippen LogP contribution is 2.47. The van der Waals surface area contributed by atoms with Crippen molar-refractivity contribution in [2.75, 3.05) is 11.9 Å². The molecule has 1 aliphatic heterocycles. The molecule has 0 N–H and O–H groups in total. The van der Waals surface area contributed by atoms with E-state index in [-0.39, 0.29) is 0 Å². The molecular weight excluding hydrogens is 288 g/mol.